The van der Waals surface area contributed by atoms with Gasteiger partial charge in [-0.05, 0) is 96.0 Å². The van der Waals surface area contributed by atoms with Gasteiger partial charge >= 0.3 is 0 Å². The molecule has 41 heavy (non-hydrogen) atoms. The highest BCUT2D eigenvalue weighted by Gasteiger charge is 2.29. The number of pyridine rings is 1. The van der Waals surface area contributed by atoms with E-state index < -0.39 is 5.54 Å². The Morgan fingerprint density at radius 3 is 1.71 bits per heavy atom. The molecule has 5 rings (SSSR count). The Morgan fingerprint density at radius 1 is 0.634 bits per heavy atom. The van der Waals surface area contributed by atoms with E-state index >= 15 is 0 Å². The molecule has 0 saturated carbocycles. The summed E-state index contributed by atoms with van der Waals surface area (Å²) < 4.78 is 0. The first kappa shape index (κ1) is 28.3. The largest absolute Gasteiger partial charge is 0.321 e. The molecule has 1 heterocycles. The molecule has 0 spiro atoms. The molecule has 3 nitrogen and oxygen atoms in total. The molecule has 1 aromatic heterocycles. The van der Waals surface area contributed by atoms with E-state index in [0.29, 0.717) is 0 Å². The van der Waals surface area contributed by atoms with Crippen molar-refractivity contribution in [2.24, 2.45) is 5.73 Å². The molecule has 0 unspecified atom stereocenters. The average molecular weight is 540 g/mol. The van der Waals surface area contributed by atoms with E-state index in [4.69, 9.17) is 5.73 Å². The lowest BCUT2D eigenvalue weighted by atomic mass is 9.83. The van der Waals surface area contributed by atoms with Crippen LogP contribution in [0.4, 0.5) is 17.1 Å². The number of hydrogen-bond acceptors (Lipinski definition) is 3. The Morgan fingerprint density at radius 2 is 1.17 bits per heavy atom. The molecular weight excluding hydrogens is 498 g/mol. The van der Waals surface area contributed by atoms with E-state index in [9.17, 15) is 0 Å². The third-order valence-corrected chi connectivity index (χ3v) is 8.22. The lowest BCUT2D eigenvalue weighted by Gasteiger charge is -2.35. The molecule has 0 bridgehead atoms. The number of unbranched alkanes of at least 4 members (excludes halogenated alkanes) is 1. The molecule has 2 N–H and O–H groups in total. The normalized spacial score (nSPS) is 11.4. The standard InChI is InChI=1S/C38H41N3/c1-4-7-14-33-27-32(25-26-40-33)30-21-19-29(20-22-30)31-23-24-36(38(39,5-2)6-3)37(28-31)41(34-15-10-8-11-16-34)35-17-12-9-13-18-35/h8-13,15-28H,4-7,14,39H2,1-3H3. The van der Waals surface area contributed by atoms with Gasteiger partial charge in [0.25, 0.3) is 0 Å². The quantitative estimate of drug-likeness (QED) is 0.181. The molecule has 0 saturated heterocycles. The molecule has 0 radical (unpaired) electrons. The first-order chi connectivity index (χ1) is 20.1. The van der Waals surface area contributed by atoms with Gasteiger partial charge in [0.05, 0.1) is 5.69 Å². The SMILES string of the molecule is CCCCc1cc(-c2ccc(-c3ccc(C(N)(CC)CC)c(N(c4ccccc4)c4ccccc4)c3)cc2)ccn1. The fourth-order valence-corrected chi connectivity index (χ4v) is 5.54. The van der Waals surface area contributed by atoms with Crippen LogP contribution in [0.1, 0.15) is 57.7 Å². The van der Waals surface area contributed by atoms with Crippen LogP contribution in [0.3, 0.4) is 0 Å². The van der Waals surface area contributed by atoms with Gasteiger partial charge in [0.2, 0.25) is 0 Å². The van der Waals surface area contributed by atoms with Crippen molar-refractivity contribution >= 4 is 17.1 Å². The van der Waals surface area contributed by atoms with Crippen molar-refractivity contribution in [3.05, 3.63) is 133 Å². The monoisotopic (exact) mass is 539 g/mol. The van der Waals surface area contributed by atoms with Crippen molar-refractivity contribution in [1.29, 1.82) is 0 Å². The van der Waals surface area contributed by atoms with Gasteiger partial charge in [-0.15, -0.1) is 0 Å². The maximum atomic E-state index is 7.10. The van der Waals surface area contributed by atoms with Crippen molar-refractivity contribution in [3.8, 4) is 22.3 Å². The smallest absolute Gasteiger partial charge is 0.0518 e. The van der Waals surface area contributed by atoms with Gasteiger partial charge in [0.1, 0.15) is 0 Å². The highest BCUT2D eigenvalue weighted by molar-refractivity contribution is 5.83. The van der Waals surface area contributed by atoms with E-state index in [1.165, 1.54) is 28.7 Å². The van der Waals surface area contributed by atoms with Crippen molar-refractivity contribution in [1.82, 2.24) is 4.98 Å². The number of rotatable bonds is 11. The molecule has 208 valence electrons. The van der Waals surface area contributed by atoms with Crippen LogP contribution in [0.15, 0.2) is 121 Å². The molecule has 0 aliphatic rings. The van der Waals surface area contributed by atoms with Crippen LogP contribution in [-0.2, 0) is 12.0 Å². The summed E-state index contributed by atoms with van der Waals surface area (Å²) in [6.45, 7) is 6.58. The van der Waals surface area contributed by atoms with E-state index in [0.717, 1.165) is 54.0 Å². The van der Waals surface area contributed by atoms with Crippen LogP contribution in [-0.4, -0.2) is 4.98 Å². The van der Waals surface area contributed by atoms with Crippen LogP contribution in [0, 0.1) is 0 Å². The van der Waals surface area contributed by atoms with Crippen molar-refractivity contribution in [2.45, 2.75) is 58.4 Å². The Hall–Kier alpha value is -4.21. The van der Waals surface area contributed by atoms with E-state index in [2.05, 4.69) is 146 Å². The van der Waals surface area contributed by atoms with Gasteiger partial charge in [0.15, 0.2) is 0 Å². The summed E-state index contributed by atoms with van der Waals surface area (Å²) in [4.78, 5) is 6.91. The highest BCUT2D eigenvalue weighted by atomic mass is 15.1. The van der Waals surface area contributed by atoms with Crippen LogP contribution >= 0.6 is 0 Å². The Labute approximate surface area is 245 Å². The second kappa shape index (κ2) is 13.0. The summed E-state index contributed by atoms with van der Waals surface area (Å²) in [7, 11) is 0. The first-order valence-corrected chi connectivity index (χ1v) is 15.0. The molecule has 5 aromatic rings. The molecular formula is C38H41N3. The number of nitrogens with two attached hydrogens (primary N) is 1. The van der Waals surface area contributed by atoms with Crippen LogP contribution < -0.4 is 10.6 Å². The topological polar surface area (TPSA) is 42.1 Å². The van der Waals surface area contributed by atoms with E-state index in [-0.39, 0.29) is 0 Å². The molecule has 0 amide bonds. The number of nitrogens with zero attached hydrogens (tertiary/aromatic N) is 2. The molecule has 0 aliphatic carbocycles. The average Bonchev–Trinajstić information content (AvgIpc) is 3.05. The number of para-hydroxylation sites is 2. The zero-order chi connectivity index (χ0) is 28.7. The van der Waals surface area contributed by atoms with Gasteiger partial charge in [-0.2, -0.15) is 0 Å². The summed E-state index contributed by atoms with van der Waals surface area (Å²) in [5.41, 5.74) is 17.1. The van der Waals surface area contributed by atoms with Crippen molar-refractivity contribution in [3.63, 3.8) is 0 Å². The van der Waals surface area contributed by atoms with Crippen LogP contribution in [0.2, 0.25) is 0 Å². The zero-order valence-electron chi connectivity index (χ0n) is 24.6. The van der Waals surface area contributed by atoms with Gasteiger partial charge in [-0.3, -0.25) is 4.98 Å². The second-order valence-corrected chi connectivity index (χ2v) is 10.8. The summed E-state index contributed by atoms with van der Waals surface area (Å²) >= 11 is 0. The Bertz CT molecular complexity index is 1500. The number of benzene rings is 4. The fourth-order valence-electron chi connectivity index (χ4n) is 5.54. The predicted molar refractivity (Wildman–Crippen MR) is 175 cm³/mol. The predicted octanol–water partition coefficient (Wildman–Crippen LogP) is 10.2. The minimum Gasteiger partial charge on any atom is -0.321 e. The maximum absolute atomic E-state index is 7.10. The molecule has 0 fully saturated rings. The molecule has 0 atom stereocenters. The van der Waals surface area contributed by atoms with Crippen molar-refractivity contribution < 1.29 is 0 Å². The first-order valence-electron chi connectivity index (χ1n) is 15.0. The number of aryl methyl sites for hydroxylation is 1. The summed E-state index contributed by atoms with van der Waals surface area (Å²) in [6.07, 6.45) is 7.00. The minimum atomic E-state index is -0.434. The maximum Gasteiger partial charge on any atom is 0.0518 e. The third-order valence-electron chi connectivity index (χ3n) is 8.22. The van der Waals surface area contributed by atoms with E-state index in [1.807, 2.05) is 6.20 Å². The molecule has 3 heteroatoms. The second-order valence-electron chi connectivity index (χ2n) is 10.8. The van der Waals surface area contributed by atoms with Crippen LogP contribution in [0.5, 0.6) is 0 Å². The number of hydrogen-bond donors (Lipinski definition) is 1. The van der Waals surface area contributed by atoms with Crippen LogP contribution in [0.25, 0.3) is 22.3 Å². The zero-order valence-corrected chi connectivity index (χ0v) is 24.6. The fraction of sp³-hybridized carbons (Fsp3) is 0.237. The van der Waals surface area contributed by atoms with Gasteiger partial charge < -0.3 is 10.6 Å². The lowest BCUT2D eigenvalue weighted by Crippen LogP contribution is -2.36. The Kier molecular flexibility index (Phi) is 8.96. The summed E-state index contributed by atoms with van der Waals surface area (Å²) in [6, 6.07) is 41.2. The number of anilines is 3. The summed E-state index contributed by atoms with van der Waals surface area (Å²) in [5, 5.41) is 0. The minimum absolute atomic E-state index is 0.434. The van der Waals surface area contributed by atoms with Crippen molar-refractivity contribution in [2.75, 3.05) is 4.90 Å². The highest BCUT2D eigenvalue weighted by Crippen LogP contribution is 2.43. The molecule has 0 aliphatic heterocycles. The molecule has 4 aromatic carbocycles. The van der Waals surface area contributed by atoms with Gasteiger partial charge in [-0.25, -0.2) is 0 Å². The third kappa shape index (κ3) is 6.26. The van der Waals surface area contributed by atoms with Gasteiger partial charge in [-0.1, -0.05) is 100.0 Å². The van der Waals surface area contributed by atoms with Gasteiger partial charge in [0, 0.05) is 28.8 Å². The lowest BCUT2D eigenvalue weighted by molar-refractivity contribution is 0.413. The summed E-state index contributed by atoms with van der Waals surface area (Å²) in [5.74, 6) is 0. The van der Waals surface area contributed by atoms with E-state index in [1.54, 1.807) is 0 Å². The Balaban J connectivity index is 1.60. The number of aromatic nitrogens is 1.